The van der Waals surface area contributed by atoms with Gasteiger partial charge in [0.2, 0.25) is 0 Å². The van der Waals surface area contributed by atoms with Crippen LogP contribution in [0.25, 0.3) is 11.0 Å². The second-order valence-corrected chi connectivity index (χ2v) is 11.1. The first-order valence-electron chi connectivity index (χ1n) is 14.6. The Bertz CT molecular complexity index is 1540. The summed E-state index contributed by atoms with van der Waals surface area (Å²) in [4.78, 5) is 20.5. The summed E-state index contributed by atoms with van der Waals surface area (Å²) in [5.41, 5.74) is 4.61. The van der Waals surface area contributed by atoms with Crippen LogP contribution in [0.15, 0.2) is 66.7 Å². The quantitative estimate of drug-likeness (QED) is 0.236. The van der Waals surface area contributed by atoms with E-state index in [4.69, 9.17) is 15.1 Å². The summed E-state index contributed by atoms with van der Waals surface area (Å²) >= 11 is 0. The zero-order chi connectivity index (χ0) is 28.2. The lowest BCUT2D eigenvalue weighted by Gasteiger charge is -2.32. The summed E-state index contributed by atoms with van der Waals surface area (Å²) in [6.45, 7) is 4.01. The molecule has 2 N–H and O–H groups in total. The van der Waals surface area contributed by atoms with Gasteiger partial charge in [-0.2, -0.15) is 0 Å². The van der Waals surface area contributed by atoms with Gasteiger partial charge in [-0.15, -0.1) is 0 Å². The predicted octanol–water partition coefficient (Wildman–Crippen LogP) is 6.75. The highest BCUT2D eigenvalue weighted by Gasteiger charge is 2.29. The number of amides is 1. The van der Waals surface area contributed by atoms with Gasteiger partial charge in [0.05, 0.1) is 11.0 Å². The average molecular weight is 554 g/mol. The Hall–Kier alpha value is -4.04. The highest BCUT2D eigenvalue weighted by Crippen LogP contribution is 2.32. The number of halogens is 1. The minimum Gasteiger partial charge on any atom is -0.381 e. The van der Waals surface area contributed by atoms with Crippen molar-refractivity contribution >= 4 is 34.5 Å². The van der Waals surface area contributed by atoms with Crippen LogP contribution in [0.3, 0.4) is 0 Å². The molecule has 0 saturated carbocycles. The van der Waals surface area contributed by atoms with Crippen molar-refractivity contribution in [3.8, 4) is 0 Å². The molecule has 0 bridgehead atoms. The van der Waals surface area contributed by atoms with Crippen molar-refractivity contribution in [3.05, 3.63) is 89.5 Å². The lowest BCUT2D eigenvalue weighted by molar-refractivity contribution is 0.0624. The third-order valence-corrected chi connectivity index (χ3v) is 8.49. The Labute approximate surface area is 239 Å². The van der Waals surface area contributed by atoms with Crippen LogP contribution in [0.2, 0.25) is 0 Å². The zero-order valence-corrected chi connectivity index (χ0v) is 23.2. The summed E-state index contributed by atoms with van der Waals surface area (Å²) in [5.74, 6) is 1.77. The number of ether oxygens (including phenoxy) is 1. The third kappa shape index (κ3) is 6.03. The third-order valence-electron chi connectivity index (χ3n) is 8.49. The van der Waals surface area contributed by atoms with Crippen molar-refractivity contribution in [1.82, 2.24) is 14.5 Å². The highest BCUT2D eigenvalue weighted by molar-refractivity contribution is 5.98. The molecule has 4 aromatic rings. The molecule has 0 spiro atoms. The van der Waals surface area contributed by atoms with E-state index >= 15 is 0 Å². The van der Waals surface area contributed by atoms with E-state index in [0.29, 0.717) is 47.4 Å². The zero-order valence-electron chi connectivity index (χ0n) is 23.2. The van der Waals surface area contributed by atoms with Crippen LogP contribution >= 0.6 is 0 Å². The Morgan fingerprint density at radius 3 is 2.61 bits per heavy atom. The highest BCUT2D eigenvalue weighted by atomic mass is 19.1. The van der Waals surface area contributed by atoms with Gasteiger partial charge < -0.3 is 24.9 Å². The molecular weight excluding hydrogens is 517 g/mol. The predicted molar refractivity (Wildman–Crippen MR) is 160 cm³/mol. The minimum atomic E-state index is -0.337. The summed E-state index contributed by atoms with van der Waals surface area (Å²) < 4.78 is 21.6. The Morgan fingerprint density at radius 1 is 1.02 bits per heavy atom. The van der Waals surface area contributed by atoms with E-state index in [1.54, 1.807) is 30.3 Å². The normalized spacial score (nSPS) is 16.7. The van der Waals surface area contributed by atoms with Gasteiger partial charge in [-0.1, -0.05) is 18.2 Å². The second kappa shape index (κ2) is 12.2. The molecule has 7 nitrogen and oxygen atoms in total. The number of carbonyl (C=O) groups excluding carboxylic acids is 1. The van der Waals surface area contributed by atoms with Gasteiger partial charge in [0.1, 0.15) is 11.6 Å². The molecule has 2 aliphatic heterocycles. The number of piperidine rings is 1. The standard InChI is InChI=1S/C33H36FN5O2/c34-27-4-3-5-28(21-27)36-29-9-8-25(20-26(29)22-35)33(40)38-15-11-24(12-16-38)32-37-30-6-1-2-7-31(30)39(32)17-10-23-13-18-41-19-14-23/h1-9,20-24,35-36H,10-19H2. The van der Waals surface area contributed by atoms with Crippen molar-refractivity contribution in [2.45, 2.75) is 44.6 Å². The van der Waals surface area contributed by atoms with Crippen LogP contribution < -0.4 is 5.32 Å². The van der Waals surface area contributed by atoms with E-state index < -0.39 is 0 Å². The molecule has 212 valence electrons. The number of hydrogen-bond acceptors (Lipinski definition) is 5. The van der Waals surface area contributed by atoms with E-state index in [-0.39, 0.29) is 11.7 Å². The summed E-state index contributed by atoms with van der Waals surface area (Å²) in [7, 11) is 0. The molecule has 8 heteroatoms. The molecule has 3 heterocycles. The molecule has 1 amide bonds. The number of imidazole rings is 1. The number of fused-ring (bicyclic) bond motifs is 1. The van der Waals surface area contributed by atoms with Crippen LogP contribution in [0.4, 0.5) is 15.8 Å². The van der Waals surface area contributed by atoms with E-state index in [9.17, 15) is 9.18 Å². The molecule has 2 aliphatic rings. The summed E-state index contributed by atoms with van der Waals surface area (Å²) in [6.07, 6.45) is 6.34. The number of nitrogens with one attached hydrogen (secondary N) is 2. The maximum Gasteiger partial charge on any atom is 0.253 e. The van der Waals surface area contributed by atoms with E-state index in [2.05, 4.69) is 28.1 Å². The molecule has 3 aromatic carbocycles. The number of aromatic nitrogens is 2. The van der Waals surface area contributed by atoms with Crippen molar-refractivity contribution in [1.29, 1.82) is 5.41 Å². The topological polar surface area (TPSA) is 83.2 Å². The van der Waals surface area contributed by atoms with Crippen molar-refractivity contribution in [3.63, 3.8) is 0 Å². The van der Waals surface area contributed by atoms with Crippen molar-refractivity contribution in [2.24, 2.45) is 5.92 Å². The molecule has 2 fully saturated rings. The lowest BCUT2D eigenvalue weighted by Crippen LogP contribution is -2.38. The van der Waals surface area contributed by atoms with Gasteiger partial charge >= 0.3 is 0 Å². The number of carbonyl (C=O) groups is 1. The van der Waals surface area contributed by atoms with Gasteiger partial charge in [-0.3, -0.25) is 4.79 Å². The van der Waals surface area contributed by atoms with E-state index in [0.717, 1.165) is 63.2 Å². The summed E-state index contributed by atoms with van der Waals surface area (Å²) in [5, 5.41) is 11.0. The number of rotatable bonds is 8. The van der Waals surface area contributed by atoms with Crippen molar-refractivity contribution in [2.75, 3.05) is 31.6 Å². The van der Waals surface area contributed by atoms with Crippen LogP contribution in [0.5, 0.6) is 0 Å². The van der Waals surface area contributed by atoms with Gasteiger partial charge in [0.25, 0.3) is 5.91 Å². The number of benzene rings is 3. The number of anilines is 2. The van der Waals surface area contributed by atoms with Gasteiger partial charge in [-0.05, 0) is 86.6 Å². The average Bonchev–Trinajstić information content (AvgIpc) is 3.39. The van der Waals surface area contributed by atoms with Crippen LogP contribution in [0.1, 0.15) is 59.8 Å². The number of nitrogens with zero attached hydrogens (tertiary/aromatic N) is 3. The molecular formula is C33H36FN5O2. The Morgan fingerprint density at radius 2 is 1.83 bits per heavy atom. The fraction of sp³-hybridized carbons (Fsp3) is 0.364. The first-order chi connectivity index (χ1) is 20.1. The summed E-state index contributed by atoms with van der Waals surface area (Å²) in [6, 6.07) is 19.9. The minimum absolute atomic E-state index is 0.0307. The SMILES string of the molecule is N=Cc1cc(C(=O)N2CCC(c3nc4ccccc4n3CCC3CCOCC3)CC2)ccc1Nc1cccc(F)c1. The van der Waals surface area contributed by atoms with E-state index in [1.807, 2.05) is 11.0 Å². The maximum absolute atomic E-state index is 13.6. The van der Waals surface area contributed by atoms with Gasteiger partial charge in [0, 0.05) is 67.5 Å². The van der Waals surface area contributed by atoms with Crippen LogP contribution in [-0.2, 0) is 11.3 Å². The molecule has 0 aliphatic carbocycles. The molecule has 0 atom stereocenters. The monoisotopic (exact) mass is 553 g/mol. The number of para-hydroxylation sites is 2. The largest absolute Gasteiger partial charge is 0.381 e. The maximum atomic E-state index is 13.6. The van der Waals surface area contributed by atoms with Crippen LogP contribution in [0, 0.1) is 17.1 Å². The Balaban J connectivity index is 1.14. The van der Waals surface area contributed by atoms with E-state index in [1.165, 1.54) is 23.9 Å². The fourth-order valence-electron chi connectivity index (χ4n) is 6.16. The molecule has 2 saturated heterocycles. The molecule has 0 unspecified atom stereocenters. The van der Waals surface area contributed by atoms with Crippen LogP contribution in [-0.4, -0.2) is 52.9 Å². The van der Waals surface area contributed by atoms with Crippen molar-refractivity contribution < 1.29 is 13.9 Å². The molecule has 41 heavy (non-hydrogen) atoms. The molecule has 6 rings (SSSR count). The second-order valence-electron chi connectivity index (χ2n) is 11.1. The smallest absolute Gasteiger partial charge is 0.253 e. The molecule has 0 radical (unpaired) electrons. The Kier molecular flexibility index (Phi) is 8.09. The number of likely N-dealkylation sites (tertiary alicyclic amines) is 1. The first kappa shape index (κ1) is 27.1. The fourth-order valence-corrected chi connectivity index (χ4v) is 6.16. The number of aryl methyl sites for hydroxylation is 1. The first-order valence-corrected chi connectivity index (χ1v) is 14.6. The molecule has 1 aromatic heterocycles. The lowest BCUT2D eigenvalue weighted by atomic mass is 9.94. The number of hydrogen-bond donors (Lipinski definition) is 2. The van der Waals surface area contributed by atoms with Gasteiger partial charge in [-0.25, -0.2) is 9.37 Å². The van der Waals surface area contributed by atoms with Gasteiger partial charge in [0.15, 0.2) is 0 Å².